The van der Waals surface area contributed by atoms with Crippen molar-refractivity contribution in [3.8, 4) is 10.6 Å². The Bertz CT molecular complexity index is 726. The first kappa shape index (κ1) is 15.6. The van der Waals surface area contributed by atoms with Crippen LogP contribution in [-0.2, 0) is 4.79 Å². The van der Waals surface area contributed by atoms with Crippen LogP contribution in [0.3, 0.4) is 0 Å². The van der Waals surface area contributed by atoms with E-state index in [4.69, 9.17) is 5.73 Å². The topological polar surface area (TPSA) is 89.2 Å². The molecule has 1 fully saturated rings. The third-order valence-corrected chi connectivity index (χ3v) is 5.05. The van der Waals surface area contributed by atoms with E-state index in [2.05, 4.69) is 9.97 Å². The number of pyridine rings is 1. The highest BCUT2D eigenvalue weighted by molar-refractivity contribution is 7.13. The standard InChI is InChI=1S/C16H18N4O2S/c1-10-14(23-9-19-10)13-5-4-11(7-18-13)16(22)20-6-2-3-12(8-20)15(17)21/h4-5,7,9,12H,2-3,6,8H2,1H3,(H2,17,21)/t12-/m0/s1. The Hall–Kier alpha value is -2.28. The summed E-state index contributed by atoms with van der Waals surface area (Å²) in [5, 5.41) is 0. The number of piperidine rings is 1. The molecule has 120 valence electrons. The van der Waals surface area contributed by atoms with Gasteiger partial charge in [0, 0.05) is 19.3 Å². The molecule has 0 aliphatic carbocycles. The second kappa shape index (κ2) is 6.45. The summed E-state index contributed by atoms with van der Waals surface area (Å²) in [5.41, 5.74) is 9.42. The summed E-state index contributed by atoms with van der Waals surface area (Å²) in [6, 6.07) is 3.61. The Morgan fingerprint density at radius 3 is 2.78 bits per heavy atom. The summed E-state index contributed by atoms with van der Waals surface area (Å²) < 4.78 is 0. The Kier molecular flexibility index (Phi) is 4.38. The predicted molar refractivity (Wildman–Crippen MR) is 87.9 cm³/mol. The van der Waals surface area contributed by atoms with E-state index in [-0.39, 0.29) is 17.7 Å². The Balaban J connectivity index is 1.75. The van der Waals surface area contributed by atoms with E-state index in [1.54, 1.807) is 22.7 Å². The van der Waals surface area contributed by atoms with Gasteiger partial charge in [-0.25, -0.2) is 4.98 Å². The van der Waals surface area contributed by atoms with Gasteiger partial charge >= 0.3 is 0 Å². The van der Waals surface area contributed by atoms with Crippen LogP contribution >= 0.6 is 11.3 Å². The highest BCUT2D eigenvalue weighted by atomic mass is 32.1. The third kappa shape index (κ3) is 3.24. The Labute approximate surface area is 138 Å². The van der Waals surface area contributed by atoms with Gasteiger partial charge in [-0.2, -0.15) is 0 Å². The molecule has 2 aromatic rings. The Morgan fingerprint density at radius 2 is 2.17 bits per heavy atom. The number of nitrogens with two attached hydrogens (primary N) is 1. The van der Waals surface area contributed by atoms with Crippen molar-refractivity contribution in [3.05, 3.63) is 35.1 Å². The highest BCUT2D eigenvalue weighted by Gasteiger charge is 2.27. The molecule has 0 bridgehead atoms. The van der Waals surface area contributed by atoms with Crippen LogP contribution in [0.25, 0.3) is 10.6 Å². The first-order chi connectivity index (χ1) is 11.1. The second-order valence-electron chi connectivity index (χ2n) is 5.69. The fourth-order valence-electron chi connectivity index (χ4n) is 2.78. The summed E-state index contributed by atoms with van der Waals surface area (Å²) in [6.45, 7) is 2.98. The molecule has 1 aliphatic heterocycles. The monoisotopic (exact) mass is 330 g/mol. The smallest absolute Gasteiger partial charge is 0.255 e. The molecule has 2 amide bonds. The van der Waals surface area contributed by atoms with Crippen molar-refractivity contribution >= 4 is 23.2 Å². The molecule has 6 nitrogen and oxygen atoms in total. The molecule has 3 rings (SSSR count). The summed E-state index contributed by atoms with van der Waals surface area (Å²) in [6.07, 6.45) is 3.14. The average Bonchev–Trinajstić information content (AvgIpc) is 3.00. The normalized spacial score (nSPS) is 18.0. The fourth-order valence-corrected chi connectivity index (χ4v) is 3.56. The molecule has 3 heterocycles. The lowest BCUT2D eigenvalue weighted by Crippen LogP contribution is -2.44. The highest BCUT2D eigenvalue weighted by Crippen LogP contribution is 2.25. The lowest BCUT2D eigenvalue weighted by atomic mass is 9.97. The van der Waals surface area contributed by atoms with E-state index in [9.17, 15) is 9.59 Å². The maximum Gasteiger partial charge on any atom is 0.255 e. The lowest BCUT2D eigenvalue weighted by molar-refractivity contribution is -0.123. The van der Waals surface area contributed by atoms with E-state index in [1.807, 2.05) is 13.0 Å². The van der Waals surface area contributed by atoms with Gasteiger partial charge in [0.25, 0.3) is 5.91 Å². The number of likely N-dealkylation sites (tertiary alicyclic amines) is 1. The zero-order valence-corrected chi connectivity index (χ0v) is 13.7. The van der Waals surface area contributed by atoms with E-state index in [1.165, 1.54) is 11.3 Å². The van der Waals surface area contributed by atoms with E-state index in [0.29, 0.717) is 18.7 Å². The molecular formula is C16H18N4O2S. The minimum atomic E-state index is -0.336. The van der Waals surface area contributed by atoms with Crippen LogP contribution in [0.15, 0.2) is 23.8 Å². The number of carbonyl (C=O) groups is 2. The molecule has 0 saturated carbocycles. The number of aryl methyl sites for hydroxylation is 1. The van der Waals surface area contributed by atoms with Gasteiger partial charge in [0.2, 0.25) is 5.91 Å². The van der Waals surface area contributed by atoms with Gasteiger partial charge in [0.05, 0.1) is 33.3 Å². The van der Waals surface area contributed by atoms with E-state index in [0.717, 1.165) is 29.1 Å². The largest absolute Gasteiger partial charge is 0.369 e. The van der Waals surface area contributed by atoms with Crippen LogP contribution in [0.4, 0.5) is 0 Å². The molecule has 23 heavy (non-hydrogen) atoms. The van der Waals surface area contributed by atoms with Gasteiger partial charge in [-0.1, -0.05) is 0 Å². The van der Waals surface area contributed by atoms with Gasteiger partial charge < -0.3 is 10.6 Å². The molecule has 2 N–H and O–H groups in total. The van der Waals surface area contributed by atoms with Crippen molar-refractivity contribution < 1.29 is 9.59 Å². The second-order valence-corrected chi connectivity index (χ2v) is 6.55. The molecule has 0 radical (unpaired) electrons. The summed E-state index contributed by atoms with van der Waals surface area (Å²) in [5.74, 6) is -0.688. The van der Waals surface area contributed by atoms with Crippen molar-refractivity contribution in [3.63, 3.8) is 0 Å². The molecule has 0 spiro atoms. The third-order valence-electron chi connectivity index (χ3n) is 4.10. The number of thiazole rings is 1. The quantitative estimate of drug-likeness (QED) is 0.930. The molecule has 0 aromatic carbocycles. The van der Waals surface area contributed by atoms with Gasteiger partial charge in [-0.3, -0.25) is 14.6 Å². The summed E-state index contributed by atoms with van der Waals surface area (Å²) in [4.78, 5) is 35.2. The van der Waals surface area contributed by atoms with Gasteiger partial charge in [-0.05, 0) is 31.9 Å². The summed E-state index contributed by atoms with van der Waals surface area (Å²) >= 11 is 1.53. The first-order valence-electron chi connectivity index (χ1n) is 7.51. The Morgan fingerprint density at radius 1 is 1.35 bits per heavy atom. The van der Waals surface area contributed by atoms with Crippen LogP contribution in [0.2, 0.25) is 0 Å². The van der Waals surface area contributed by atoms with E-state index < -0.39 is 0 Å². The number of aromatic nitrogens is 2. The molecule has 1 aliphatic rings. The minimum Gasteiger partial charge on any atom is -0.369 e. The summed E-state index contributed by atoms with van der Waals surface area (Å²) in [7, 11) is 0. The zero-order valence-electron chi connectivity index (χ0n) is 12.9. The van der Waals surface area contributed by atoms with E-state index >= 15 is 0 Å². The predicted octanol–water partition coefficient (Wildman–Crippen LogP) is 1.85. The van der Waals surface area contributed by atoms with Crippen LogP contribution in [0.1, 0.15) is 28.9 Å². The number of amides is 2. The van der Waals surface area contributed by atoms with Crippen LogP contribution < -0.4 is 5.73 Å². The van der Waals surface area contributed by atoms with Gasteiger partial charge in [0.1, 0.15) is 0 Å². The molecule has 7 heteroatoms. The van der Waals surface area contributed by atoms with Crippen molar-refractivity contribution in [1.29, 1.82) is 0 Å². The minimum absolute atomic E-state index is 0.101. The van der Waals surface area contributed by atoms with Crippen LogP contribution in [0, 0.1) is 12.8 Å². The first-order valence-corrected chi connectivity index (χ1v) is 8.39. The van der Waals surface area contributed by atoms with Crippen LogP contribution in [0.5, 0.6) is 0 Å². The molecule has 0 unspecified atom stereocenters. The maximum atomic E-state index is 12.6. The number of hydrogen-bond acceptors (Lipinski definition) is 5. The molecular weight excluding hydrogens is 312 g/mol. The zero-order chi connectivity index (χ0) is 16.4. The fraction of sp³-hybridized carbons (Fsp3) is 0.375. The molecule has 1 saturated heterocycles. The van der Waals surface area contributed by atoms with Gasteiger partial charge in [-0.15, -0.1) is 11.3 Å². The molecule has 2 aromatic heterocycles. The van der Waals surface area contributed by atoms with Gasteiger partial charge in [0.15, 0.2) is 0 Å². The average molecular weight is 330 g/mol. The number of nitrogens with zero attached hydrogens (tertiary/aromatic N) is 3. The van der Waals surface area contributed by atoms with Crippen molar-refractivity contribution in [1.82, 2.24) is 14.9 Å². The number of carbonyl (C=O) groups excluding carboxylic acids is 2. The maximum absolute atomic E-state index is 12.6. The van der Waals surface area contributed by atoms with Crippen LogP contribution in [-0.4, -0.2) is 39.8 Å². The number of hydrogen-bond donors (Lipinski definition) is 1. The van der Waals surface area contributed by atoms with Crippen molar-refractivity contribution in [2.24, 2.45) is 11.7 Å². The lowest BCUT2D eigenvalue weighted by Gasteiger charge is -2.31. The SMILES string of the molecule is Cc1ncsc1-c1ccc(C(=O)N2CCC[C@H](C(N)=O)C2)cn1. The van der Waals surface area contributed by atoms with Crippen molar-refractivity contribution in [2.75, 3.05) is 13.1 Å². The molecule has 1 atom stereocenters. The van der Waals surface area contributed by atoms with Crippen molar-refractivity contribution in [2.45, 2.75) is 19.8 Å². The number of primary amides is 1. The number of rotatable bonds is 3.